The van der Waals surface area contributed by atoms with Crippen LogP contribution in [0.4, 0.5) is 0 Å². The number of likely N-dealkylation sites (tertiary alicyclic amines) is 1. The summed E-state index contributed by atoms with van der Waals surface area (Å²) in [6, 6.07) is 11.9. The highest BCUT2D eigenvalue weighted by Crippen LogP contribution is 2.25. The van der Waals surface area contributed by atoms with Gasteiger partial charge in [0, 0.05) is 30.9 Å². The minimum Gasteiger partial charge on any atom is -0.387 e. The molecule has 7 heteroatoms. The molecule has 1 fully saturated rings. The molecule has 3 heterocycles. The Labute approximate surface area is 145 Å². The third kappa shape index (κ3) is 3.78. The first-order valence-electron chi connectivity index (χ1n) is 8.50. The van der Waals surface area contributed by atoms with Gasteiger partial charge in [-0.15, -0.1) is 5.10 Å². The van der Waals surface area contributed by atoms with Crippen LogP contribution in [0, 0.1) is 0 Å². The van der Waals surface area contributed by atoms with Crippen molar-refractivity contribution in [1.82, 2.24) is 25.1 Å². The average Bonchev–Trinajstić information content (AvgIpc) is 3.27. The average molecular weight is 339 g/mol. The molecule has 0 spiro atoms. The summed E-state index contributed by atoms with van der Waals surface area (Å²) in [5, 5.41) is 22.9. The van der Waals surface area contributed by atoms with Crippen molar-refractivity contribution in [3.8, 4) is 11.3 Å². The number of hydrogen-bond donors (Lipinski definition) is 1. The van der Waals surface area contributed by atoms with Crippen molar-refractivity contribution in [2.45, 2.75) is 31.5 Å². The number of nitrogens with zero attached hydrogens (tertiary/aromatic N) is 5. The van der Waals surface area contributed by atoms with Gasteiger partial charge in [-0.1, -0.05) is 40.7 Å². The normalized spacial score (nSPS) is 21.5. The van der Waals surface area contributed by atoms with Crippen LogP contribution in [0.3, 0.4) is 0 Å². The van der Waals surface area contributed by atoms with Crippen LogP contribution in [0.2, 0.25) is 0 Å². The van der Waals surface area contributed by atoms with Crippen molar-refractivity contribution in [1.29, 1.82) is 0 Å². The third-order valence-electron chi connectivity index (χ3n) is 4.57. The Morgan fingerprint density at radius 3 is 2.92 bits per heavy atom. The summed E-state index contributed by atoms with van der Waals surface area (Å²) < 4.78 is 7.16. The van der Waals surface area contributed by atoms with Gasteiger partial charge in [0.15, 0.2) is 5.76 Å². The lowest BCUT2D eigenvalue weighted by Gasteiger charge is -2.38. The highest BCUT2D eigenvalue weighted by atomic mass is 16.5. The summed E-state index contributed by atoms with van der Waals surface area (Å²) in [5.74, 6) is 0.769. The molecular weight excluding hydrogens is 318 g/mol. The van der Waals surface area contributed by atoms with E-state index >= 15 is 0 Å². The monoisotopic (exact) mass is 339 g/mol. The van der Waals surface area contributed by atoms with Gasteiger partial charge in [0.25, 0.3) is 0 Å². The highest BCUT2D eigenvalue weighted by Gasteiger charge is 2.34. The molecule has 0 saturated carbocycles. The summed E-state index contributed by atoms with van der Waals surface area (Å²) >= 11 is 0. The Bertz CT molecular complexity index is 802. The second kappa shape index (κ2) is 6.78. The van der Waals surface area contributed by atoms with Crippen LogP contribution < -0.4 is 0 Å². The van der Waals surface area contributed by atoms with E-state index in [0.29, 0.717) is 19.6 Å². The van der Waals surface area contributed by atoms with Crippen molar-refractivity contribution in [3.63, 3.8) is 0 Å². The fourth-order valence-corrected chi connectivity index (χ4v) is 3.44. The van der Waals surface area contributed by atoms with E-state index in [2.05, 4.69) is 20.4 Å². The van der Waals surface area contributed by atoms with Gasteiger partial charge in [0.2, 0.25) is 0 Å². The maximum absolute atomic E-state index is 10.9. The SMILES string of the molecule is OC1(Cn2ccnn2)CCCN(Cc2cc(-c3ccccc3)on2)C1. The number of piperidine rings is 1. The standard InChI is InChI=1S/C18H21N5O2/c24-18(14-23-10-8-19-21-23)7-4-9-22(13-18)12-16-11-17(25-20-16)15-5-2-1-3-6-15/h1-3,5-6,8,10-11,24H,4,7,9,12-14H2. The number of benzene rings is 1. The fourth-order valence-electron chi connectivity index (χ4n) is 3.44. The molecule has 25 heavy (non-hydrogen) atoms. The zero-order valence-corrected chi connectivity index (χ0v) is 14.0. The molecule has 1 saturated heterocycles. The maximum atomic E-state index is 10.9. The second-order valence-corrected chi connectivity index (χ2v) is 6.69. The number of β-amino-alcohol motifs (C(OH)–C–C–N with tert-alkyl or cyclic N) is 1. The molecule has 7 nitrogen and oxygen atoms in total. The molecule has 1 aromatic carbocycles. The van der Waals surface area contributed by atoms with Crippen LogP contribution >= 0.6 is 0 Å². The van der Waals surface area contributed by atoms with E-state index in [1.54, 1.807) is 17.1 Å². The maximum Gasteiger partial charge on any atom is 0.167 e. The van der Waals surface area contributed by atoms with Crippen LogP contribution in [-0.4, -0.2) is 48.8 Å². The summed E-state index contributed by atoms with van der Waals surface area (Å²) in [6.45, 7) is 2.64. The van der Waals surface area contributed by atoms with Crippen molar-refractivity contribution in [3.05, 3.63) is 54.5 Å². The van der Waals surface area contributed by atoms with Crippen LogP contribution in [0.5, 0.6) is 0 Å². The van der Waals surface area contributed by atoms with Crippen molar-refractivity contribution < 1.29 is 9.63 Å². The van der Waals surface area contributed by atoms with Gasteiger partial charge >= 0.3 is 0 Å². The van der Waals surface area contributed by atoms with E-state index in [4.69, 9.17) is 4.52 Å². The lowest BCUT2D eigenvalue weighted by molar-refractivity contribution is -0.0482. The van der Waals surface area contributed by atoms with Gasteiger partial charge in [-0.3, -0.25) is 4.90 Å². The largest absolute Gasteiger partial charge is 0.387 e. The zero-order valence-electron chi connectivity index (χ0n) is 14.0. The Kier molecular flexibility index (Phi) is 4.33. The molecule has 1 unspecified atom stereocenters. The molecule has 0 radical (unpaired) electrons. The quantitative estimate of drug-likeness (QED) is 0.765. The van der Waals surface area contributed by atoms with Crippen LogP contribution in [-0.2, 0) is 13.1 Å². The fraction of sp³-hybridized carbons (Fsp3) is 0.389. The number of hydrogen-bond acceptors (Lipinski definition) is 6. The van der Waals surface area contributed by atoms with Crippen LogP contribution in [0.15, 0.2) is 53.3 Å². The predicted octanol–water partition coefficient (Wildman–Crippen LogP) is 1.96. The minimum atomic E-state index is -0.794. The molecule has 0 amide bonds. The van der Waals surface area contributed by atoms with Crippen molar-refractivity contribution in [2.24, 2.45) is 0 Å². The van der Waals surface area contributed by atoms with Gasteiger partial charge < -0.3 is 9.63 Å². The van der Waals surface area contributed by atoms with Crippen LogP contribution in [0.1, 0.15) is 18.5 Å². The van der Waals surface area contributed by atoms with Gasteiger partial charge in [0.1, 0.15) is 0 Å². The van der Waals surface area contributed by atoms with E-state index in [0.717, 1.165) is 36.4 Å². The second-order valence-electron chi connectivity index (χ2n) is 6.69. The smallest absolute Gasteiger partial charge is 0.167 e. The van der Waals surface area contributed by atoms with Gasteiger partial charge in [-0.25, -0.2) is 4.68 Å². The van der Waals surface area contributed by atoms with Crippen LogP contribution in [0.25, 0.3) is 11.3 Å². The van der Waals surface area contributed by atoms with Crippen molar-refractivity contribution >= 4 is 0 Å². The molecular formula is C18H21N5O2. The lowest BCUT2D eigenvalue weighted by Crippen LogP contribution is -2.50. The lowest BCUT2D eigenvalue weighted by atomic mass is 9.92. The summed E-state index contributed by atoms with van der Waals surface area (Å²) in [7, 11) is 0. The number of rotatable bonds is 5. The Morgan fingerprint density at radius 2 is 2.12 bits per heavy atom. The Morgan fingerprint density at radius 1 is 1.24 bits per heavy atom. The summed E-state index contributed by atoms with van der Waals surface area (Å²) in [5.41, 5.74) is 1.10. The molecule has 0 aliphatic carbocycles. The van der Waals surface area contributed by atoms with E-state index in [1.165, 1.54) is 0 Å². The van der Waals surface area contributed by atoms with E-state index < -0.39 is 5.60 Å². The number of aromatic nitrogens is 4. The van der Waals surface area contributed by atoms with Gasteiger partial charge in [-0.2, -0.15) is 0 Å². The Balaban J connectivity index is 1.42. The molecule has 0 bridgehead atoms. The van der Waals surface area contributed by atoms with Gasteiger partial charge in [0.05, 0.1) is 24.0 Å². The topological polar surface area (TPSA) is 80.2 Å². The number of aliphatic hydroxyl groups is 1. The molecule has 4 rings (SSSR count). The van der Waals surface area contributed by atoms with E-state index in [-0.39, 0.29) is 0 Å². The van der Waals surface area contributed by atoms with Gasteiger partial charge in [-0.05, 0) is 19.4 Å². The Hall–Kier alpha value is -2.51. The van der Waals surface area contributed by atoms with Crippen molar-refractivity contribution in [2.75, 3.05) is 13.1 Å². The summed E-state index contributed by atoms with van der Waals surface area (Å²) in [4.78, 5) is 2.22. The molecule has 1 aliphatic rings. The zero-order chi connectivity index (χ0) is 17.1. The van der Waals surface area contributed by atoms with E-state index in [1.807, 2.05) is 36.4 Å². The summed E-state index contributed by atoms with van der Waals surface area (Å²) in [6.07, 6.45) is 5.11. The molecule has 3 aromatic rings. The minimum absolute atomic E-state index is 0.456. The predicted molar refractivity (Wildman–Crippen MR) is 91.4 cm³/mol. The molecule has 130 valence electrons. The van der Waals surface area contributed by atoms with E-state index in [9.17, 15) is 5.11 Å². The first-order chi connectivity index (χ1) is 12.2. The molecule has 2 aromatic heterocycles. The molecule has 1 N–H and O–H groups in total. The highest BCUT2D eigenvalue weighted by molar-refractivity contribution is 5.56. The first-order valence-corrected chi connectivity index (χ1v) is 8.50. The first kappa shape index (κ1) is 16.0. The third-order valence-corrected chi connectivity index (χ3v) is 4.57. The molecule has 1 aliphatic heterocycles. The molecule has 1 atom stereocenters.